The van der Waals surface area contributed by atoms with Gasteiger partial charge in [-0.2, -0.15) is 0 Å². The minimum atomic E-state index is -1.34. The van der Waals surface area contributed by atoms with E-state index in [0.717, 1.165) is 18.9 Å². The Morgan fingerprint density at radius 3 is 2.20 bits per heavy atom. The van der Waals surface area contributed by atoms with E-state index < -0.39 is 17.7 Å². The third kappa shape index (κ3) is 6.65. The van der Waals surface area contributed by atoms with Gasteiger partial charge < -0.3 is 29.5 Å². The topological polar surface area (TPSA) is 140 Å². The molecule has 0 aliphatic rings. The summed E-state index contributed by atoms with van der Waals surface area (Å²) in [4.78, 5) is 36.6. The molecule has 0 fully saturated rings. The van der Waals surface area contributed by atoms with Crippen molar-refractivity contribution in [2.75, 3.05) is 14.2 Å². The van der Waals surface area contributed by atoms with Gasteiger partial charge in [0.25, 0.3) is 0 Å². The van der Waals surface area contributed by atoms with Gasteiger partial charge in [-0.05, 0) is 30.9 Å². The van der Waals surface area contributed by atoms with E-state index in [1.54, 1.807) is 6.92 Å². The number of carboxylic acids is 1. The second-order valence-corrected chi connectivity index (χ2v) is 8.01. The summed E-state index contributed by atoms with van der Waals surface area (Å²) in [6.45, 7) is 3.73. The zero-order valence-electron chi connectivity index (χ0n) is 20.5. The van der Waals surface area contributed by atoms with Gasteiger partial charge in [-0.3, -0.25) is 4.79 Å². The van der Waals surface area contributed by atoms with Crippen LogP contribution in [0.3, 0.4) is 0 Å². The fourth-order valence-corrected chi connectivity index (χ4v) is 3.80. The van der Waals surface area contributed by atoms with Gasteiger partial charge in [-0.1, -0.05) is 26.7 Å². The monoisotopic (exact) mass is 488 g/mol. The van der Waals surface area contributed by atoms with Crippen molar-refractivity contribution in [3.63, 3.8) is 0 Å². The molecule has 0 saturated carbocycles. The van der Waals surface area contributed by atoms with Crippen molar-refractivity contribution >= 4 is 17.7 Å². The van der Waals surface area contributed by atoms with Gasteiger partial charge in [0.2, 0.25) is 0 Å². The van der Waals surface area contributed by atoms with Crippen LogP contribution in [0.15, 0.2) is 18.2 Å². The maximum atomic E-state index is 12.7. The number of carbonyl (C=O) groups is 3. The zero-order valence-corrected chi connectivity index (χ0v) is 20.5. The molecule has 0 aliphatic heterocycles. The number of unbranched alkanes of at least 4 members (excludes halogenated alkanes) is 2. The first-order valence-electron chi connectivity index (χ1n) is 11.5. The molecule has 35 heavy (non-hydrogen) atoms. The molecule has 0 saturated heterocycles. The van der Waals surface area contributed by atoms with Crippen molar-refractivity contribution in [3.05, 3.63) is 40.5 Å². The molecule has 0 aromatic heterocycles. The van der Waals surface area contributed by atoms with Crippen LogP contribution in [0.4, 0.5) is 0 Å². The van der Waals surface area contributed by atoms with Gasteiger partial charge >= 0.3 is 11.9 Å². The lowest BCUT2D eigenvalue weighted by Crippen LogP contribution is -2.11. The number of aromatic carboxylic acids is 1. The highest BCUT2D eigenvalue weighted by atomic mass is 16.5. The van der Waals surface area contributed by atoms with E-state index in [1.807, 2.05) is 6.92 Å². The number of carboxylic acid groups (broad SMARTS) is 1. The van der Waals surface area contributed by atoms with Crippen molar-refractivity contribution in [2.45, 2.75) is 58.8 Å². The van der Waals surface area contributed by atoms with Crippen molar-refractivity contribution in [3.8, 4) is 28.7 Å². The third-order valence-corrected chi connectivity index (χ3v) is 5.63. The van der Waals surface area contributed by atoms with Crippen molar-refractivity contribution in [2.24, 2.45) is 0 Å². The number of benzene rings is 2. The molecule has 0 unspecified atom stereocenters. The van der Waals surface area contributed by atoms with Crippen LogP contribution >= 0.6 is 0 Å². The van der Waals surface area contributed by atoms with E-state index in [-0.39, 0.29) is 64.7 Å². The van der Waals surface area contributed by atoms with Gasteiger partial charge in [-0.25, -0.2) is 9.59 Å². The number of rotatable bonds is 13. The van der Waals surface area contributed by atoms with E-state index in [0.29, 0.717) is 18.4 Å². The number of aryl methyl sites for hydroxylation is 1. The molecule has 0 bridgehead atoms. The lowest BCUT2D eigenvalue weighted by molar-refractivity contribution is -0.118. The summed E-state index contributed by atoms with van der Waals surface area (Å²) in [5.74, 6) is -2.83. The molecule has 2 aromatic rings. The lowest BCUT2D eigenvalue weighted by Gasteiger charge is -2.20. The van der Waals surface area contributed by atoms with Crippen LogP contribution in [0.1, 0.15) is 77.8 Å². The Balaban J connectivity index is 2.73. The molecule has 0 amide bonds. The summed E-state index contributed by atoms with van der Waals surface area (Å²) in [5.41, 5.74) is 0.216. The van der Waals surface area contributed by atoms with E-state index in [1.165, 1.54) is 26.4 Å². The predicted octanol–water partition coefficient (Wildman–Crippen LogP) is 5.03. The van der Waals surface area contributed by atoms with E-state index in [9.17, 15) is 29.7 Å². The van der Waals surface area contributed by atoms with Gasteiger partial charge in [-0.15, -0.1) is 0 Å². The van der Waals surface area contributed by atoms with E-state index in [2.05, 4.69) is 0 Å². The third-order valence-electron chi connectivity index (χ3n) is 5.63. The first kappa shape index (κ1) is 27.5. The van der Waals surface area contributed by atoms with E-state index >= 15 is 0 Å². The maximum Gasteiger partial charge on any atom is 0.341 e. The summed E-state index contributed by atoms with van der Waals surface area (Å²) in [5, 5.41) is 30.5. The van der Waals surface area contributed by atoms with Crippen LogP contribution in [0.5, 0.6) is 28.7 Å². The minimum absolute atomic E-state index is 0.000661. The van der Waals surface area contributed by atoms with Crippen molar-refractivity contribution < 1.29 is 43.9 Å². The van der Waals surface area contributed by atoms with Gasteiger partial charge in [0.1, 0.15) is 34.2 Å². The second kappa shape index (κ2) is 12.6. The van der Waals surface area contributed by atoms with Crippen LogP contribution in [-0.4, -0.2) is 47.3 Å². The Hall–Kier alpha value is -3.75. The summed E-state index contributed by atoms with van der Waals surface area (Å²) in [6, 6.07) is 3.70. The molecular weight excluding hydrogens is 456 g/mol. The quantitative estimate of drug-likeness (QED) is 0.262. The summed E-state index contributed by atoms with van der Waals surface area (Å²) in [6.07, 6.45) is 3.22. The Kier molecular flexibility index (Phi) is 9.93. The first-order chi connectivity index (χ1) is 16.7. The molecule has 0 heterocycles. The number of Topliss-reactive ketones (excluding diaryl/α,β-unsaturated/α-hetero) is 1. The van der Waals surface area contributed by atoms with Crippen LogP contribution in [0.25, 0.3) is 0 Å². The van der Waals surface area contributed by atoms with Crippen LogP contribution in [0.2, 0.25) is 0 Å². The van der Waals surface area contributed by atoms with Gasteiger partial charge in [0, 0.05) is 30.5 Å². The number of phenols is 2. The average molecular weight is 489 g/mol. The largest absolute Gasteiger partial charge is 0.508 e. The number of carbonyl (C=O) groups excluding carboxylic acids is 2. The smallest absolute Gasteiger partial charge is 0.341 e. The number of hydrogen-bond donors (Lipinski definition) is 3. The molecule has 2 rings (SSSR count). The van der Waals surface area contributed by atoms with Crippen molar-refractivity contribution in [1.82, 2.24) is 0 Å². The second-order valence-electron chi connectivity index (χ2n) is 8.01. The summed E-state index contributed by atoms with van der Waals surface area (Å²) in [7, 11) is 2.53. The average Bonchev–Trinajstić information content (AvgIpc) is 2.82. The number of esters is 1. The molecule has 0 radical (unpaired) electrons. The minimum Gasteiger partial charge on any atom is -0.508 e. The van der Waals surface area contributed by atoms with E-state index in [4.69, 9.17) is 14.2 Å². The molecule has 2 aromatic carbocycles. The maximum absolute atomic E-state index is 12.7. The number of phenolic OH excluding ortho intramolecular Hbond substituents is 1. The summed E-state index contributed by atoms with van der Waals surface area (Å²) >= 11 is 0. The number of methoxy groups -OCH3 is 2. The summed E-state index contributed by atoms with van der Waals surface area (Å²) < 4.78 is 16.4. The SMILES string of the molecule is CCCCCc1c(Oc2cc(O)cc(CCC(=O)CC)c2C(=O)OC)c(OC)cc(O)c1C(=O)O. The van der Waals surface area contributed by atoms with Crippen LogP contribution in [0, 0.1) is 0 Å². The molecule has 9 heteroatoms. The molecule has 0 spiro atoms. The number of aromatic hydroxyl groups is 2. The molecule has 0 aliphatic carbocycles. The molecular formula is C26H32O9. The first-order valence-corrected chi connectivity index (χ1v) is 11.5. The molecule has 0 atom stereocenters. The Morgan fingerprint density at radius 1 is 0.914 bits per heavy atom. The number of ketones is 1. The lowest BCUT2D eigenvalue weighted by atomic mass is 9.97. The highest BCUT2D eigenvalue weighted by molar-refractivity contribution is 5.96. The van der Waals surface area contributed by atoms with Gasteiger partial charge in [0.05, 0.1) is 14.2 Å². The fraction of sp³-hybridized carbons (Fsp3) is 0.423. The van der Waals surface area contributed by atoms with Crippen LogP contribution < -0.4 is 9.47 Å². The highest BCUT2D eigenvalue weighted by Crippen LogP contribution is 2.44. The van der Waals surface area contributed by atoms with Gasteiger partial charge in [0.15, 0.2) is 11.5 Å². The Bertz CT molecular complexity index is 1090. The fourth-order valence-electron chi connectivity index (χ4n) is 3.80. The number of ether oxygens (including phenoxy) is 3. The normalized spacial score (nSPS) is 10.6. The molecule has 9 nitrogen and oxygen atoms in total. The predicted molar refractivity (Wildman–Crippen MR) is 128 cm³/mol. The molecule has 3 N–H and O–H groups in total. The Labute approximate surface area is 204 Å². The zero-order chi connectivity index (χ0) is 26.1. The van der Waals surface area contributed by atoms with Crippen LogP contribution in [-0.2, 0) is 22.4 Å². The molecule has 190 valence electrons. The Morgan fingerprint density at radius 2 is 1.63 bits per heavy atom. The van der Waals surface area contributed by atoms with Crippen molar-refractivity contribution in [1.29, 1.82) is 0 Å². The highest BCUT2D eigenvalue weighted by Gasteiger charge is 2.27. The number of hydrogen-bond acceptors (Lipinski definition) is 8. The standard InChI is InChI=1S/C26H32O9/c1-5-7-8-9-18-23(25(30)31)19(29)14-21(33-3)24(18)35-20-13-17(28)12-15(10-11-16(27)6-2)22(20)26(32)34-4/h12-14,28-29H,5-11H2,1-4H3,(H,30,31).